The summed E-state index contributed by atoms with van der Waals surface area (Å²) in [6, 6.07) is 0. The summed E-state index contributed by atoms with van der Waals surface area (Å²) >= 11 is 0. The summed E-state index contributed by atoms with van der Waals surface area (Å²) < 4.78 is 17.7. The smallest absolute Gasteiger partial charge is 0.302 e. The van der Waals surface area contributed by atoms with Crippen LogP contribution >= 0.6 is 0 Å². The topological polar surface area (TPSA) is 65.1 Å². The number of hydrogen-bond acceptors (Lipinski definition) is 5. The summed E-state index contributed by atoms with van der Waals surface area (Å²) in [6.07, 6.45) is 1.98. The average molecular weight is 355 g/mol. The Kier molecular flexibility index (Phi) is 5.55. The summed E-state index contributed by atoms with van der Waals surface area (Å²) in [6.45, 7) is 14.2. The first-order valence-corrected chi connectivity index (χ1v) is 9.30. The van der Waals surface area contributed by atoms with Crippen LogP contribution in [-0.4, -0.2) is 53.0 Å². The molecule has 2 rings (SSSR count). The highest BCUT2D eigenvalue weighted by Crippen LogP contribution is 2.54. The standard InChI is InChI=1S/C19H33NO5/c1-8-17(6)12-19(24-11-16(25-19)10-23-15(5)22)13(3)18(7,9-2)20(17)14(4)21/h13,16H,8-12H2,1-7H3. The van der Waals surface area contributed by atoms with Crippen LogP contribution in [0.2, 0.25) is 0 Å². The third-order valence-electron chi connectivity index (χ3n) is 6.42. The summed E-state index contributed by atoms with van der Waals surface area (Å²) in [7, 11) is 0. The first-order valence-electron chi connectivity index (χ1n) is 9.30. The van der Waals surface area contributed by atoms with Gasteiger partial charge in [-0.2, -0.15) is 0 Å². The zero-order chi connectivity index (χ0) is 19.0. The van der Waals surface area contributed by atoms with E-state index in [4.69, 9.17) is 14.2 Å². The number of ether oxygens (including phenoxy) is 3. The van der Waals surface area contributed by atoms with E-state index < -0.39 is 5.79 Å². The van der Waals surface area contributed by atoms with Gasteiger partial charge in [0.15, 0.2) is 5.79 Å². The van der Waals surface area contributed by atoms with Crippen molar-refractivity contribution in [1.29, 1.82) is 0 Å². The normalized spacial score (nSPS) is 41.2. The average Bonchev–Trinajstić information content (AvgIpc) is 2.94. The zero-order valence-corrected chi connectivity index (χ0v) is 16.7. The van der Waals surface area contributed by atoms with Crippen molar-refractivity contribution in [2.75, 3.05) is 13.2 Å². The van der Waals surface area contributed by atoms with E-state index in [1.807, 2.05) is 4.90 Å². The number of piperidine rings is 1. The van der Waals surface area contributed by atoms with E-state index in [0.717, 1.165) is 12.8 Å². The Labute approximate surface area is 151 Å². The van der Waals surface area contributed by atoms with Crippen molar-refractivity contribution in [3.63, 3.8) is 0 Å². The third kappa shape index (κ3) is 3.31. The van der Waals surface area contributed by atoms with Crippen molar-refractivity contribution >= 4 is 11.9 Å². The van der Waals surface area contributed by atoms with Crippen LogP contribution in [0.25, 0.3) is 0 Å². The fourth-order valence-corrected chi connectivity index (χ4v) is 4.73. The minimum absolute atomic E-state index is 0.00384. The molecule has 2 heterocycles. The molecule has 1 amide bonds. The van der Waals surface area contributed by atoms with E-state index in [2.05, 4.69) is 34.6 Å². The van der Waals surface area contributed by atoms with E-state index in [1.54, 1.807) is 6.92 Å². The maximum absolute atomic E-state index is 12.5. The number of esters is 1. The Morgan fingerprint density at radius 2 is 1.84 bits per heavy atom. The summed E-state index contributed by atoms with van der Waals surface area (Å²) in [4.78, 5) is 25.7. The second-order valence-corrected chi connectivity index (χ2v) is 7.98. The highest BCUT2D eigenvalue weighted by Gasteiger charge is 2.63. The van der Waals surface area contributed by atoms with Gasteiger partial charge in [-0.15, -0.1) is 0 Å². The molecule has 144 valence electrons. The highest BCUT2D eigenvalue weighted by molar-refractivity contribution is 5.75. The van der Waals surface area contributed by atoms with Gasteiger partial charge in [-0.1, -0.05) is 20.8 Å². The van der Waals surface area contributed by atoms with Crippen LogP contribution in [-0.2, 0) is 23.8 Å². The van der Waals surface area contributed by atoms with Gasteiger partial charge in [0.1, 0.15) is 12.7 Å². The quantitative estimate of drug-likeness (QED) is 0.726. The van der Waals surface area contributed by atoms with Gasteiger partial charge in [0.2, 0.25) is 5.91 Å². The predicted molar refractivity (Wildman–Crippen MR) is 93.9 cm³/mol. The number of carbonyl (C=O) groups excluding carboxylic acids is 2. The number of amides is 1. The lowest BCUT2D eigenvalue weighted by atomic mass is 9.66. The summed E-state index contributed by atoms with van der Waals surface area (Å²) in [5.74, 6) is -0.992. The Balaban J connectivity index is 2.35. The Morgan fingerprint density at radius 1 is 1.20 bits per heavy atom. The number of hydrogen-bond donors (Lipinski definition) is 0. The van der Waals surface area contributed by atoms with Crippen LogP contribution in [0, 0.1) is 5.92 Å². The highest BCUT2D eigenvalue weighted by atomic mass is 16.8. The number of carbonyl (C=O) groups is 2. The third-order valence-corrected chi connectivity index (χ3v) is 6.42. The van der Waals surface area contributed by atoms with E-state index in [-0.39, 0.29) is 41.6 Å². The Morgan fingerprint density at radius 3 is 2.32 bits per heavy atom. The van der Waals surface area contributed by atoms with Crippen LogP contribution in [0.5, 0.6) is 0 Å². The molecule has 0 aromatic rings. The fraction of sp³-hybridized carbons (Fsp3) is 0.895. The molecule has 2 aliphatic heterocycles. The molecule has 5 unspecified atom stereocenters. The van der Waals surface area contributed by atoms with Crippen LogP contribution < -0.4 is 0 Å². The molecular weight excluding hydrogens is 322 g/mol. The lowest BCUT2D eigenvalue weighted by molar-refractivity contribution is -0.282. The summed E-state index contributed by atoms with van der Waals surface area (Å²) in [5, 5.41) is 0. The predicted octanol–water partition coefficient (Wildman–Crippen LogP) is 2.89. The van der Waals surface area contributed by atoms with Crippen molar-refractivity contribution in [3.8, 4) is 0 Å². The molecule has 2 aliphatic rings. The van der Waals surface area contributed by atoms with Gasteiger partial charge in [0.25, 0.3) is 0 Å². The van der Waals surface area contributed by atoms with Crippen LogP contribution in [0.15, 0.2) is 0 Å². The van der Waals surface area contributed by atoms with Crippen LogP contribution in [0.1, 0.15) is 67.7 Å². The molecule has 1 spiro atoms. The van der Waals surface area contributed by atoms with Gasteiger partial charge in [-0.25, -0.2) is 0 Å². The molecule has 0 radical (unpaired) electrons. The maximum atomic E-state index is 12.5. The largest absolute Gasteiger partial charge is 0.463 e. The van der Waals surface area contributed by atoms with E-state index in [0.29, 0.717) is 13.0 Å². The molecule has 0 saturated carbocycles. The van der Waals surface area contributed by atoms with E-state index in [9.17, 15) is 9.59 Å². The van der Waals surface area contributed by atoms with Crippen molar-refractivity contribution in [2.45, 2.75) is 90.7 Å². The first-order chi connectivity index (χ1) is 11.5. The molecule has 0 aliphatic carbocycles. The lowest BCUT2D eigenvalue weighted by Gasteiger charge is -2.62. The first kappa shape index (κ1) is 20.2. The molecule has 0 aromatic heterocycles. The Hall–Kier alpha value is -1.14. The van der Waals surface area contributed by atoms with Crippen molar-refractivity contribution in [1.82, 2.24) is 4.90 Å². The number of nitrogens with zero attached hydrogens (tertiary/aromatic N) is 1. The van der Waals surface area contributed by atoms with Gasteiger partial charge in [0, 0.05) is 37.3 Å². The van der Waals surface area contributed by atoms with Crippen molar-refractivity contribution in [3.05, 3.63) is 0 Å². The molecule has 0 bridgehead atoms. The Bertz CT molecular complexity index is 538. The molecular formula is C19H33NO5. The maximum Gasteiger partial charge on any atom is 0.302 e. The minimum Gasteiger partial charge on any atom is -0.463 e. The van der Waals surface area contributed by atoms with Gasteiger partial charge in [-0.3, -0.25) is 9.59 Å². The molecule has 5 atom stereocenters. The molecule has 2 fully saturated rings. The summed E-state index contributed by atoms with van der Waals surface area (Å²) in [5.41, 5.74) is -0.718. The molecule has 0 N–H and O–H groups in total. The van der Waals surface area contributed by atoms with Crippen molar-refractivity contribution < 1.29 is 23.8 Å². The second-order valence-electron chi connectivity index (χ2n) is 7.98. The molecule has 0 aromatic carbocycles. The lowest BCUT2D eigenvalue weighted by Crippen LogP contribution is -2.73. The van der Waals surface area contributed by atoms with Gasteiger partial charge >= 0.3 is 5.97 Å². The number of likely N-dealkylation sites (tertiary alicyclic amines) is 1. The van der Waals surface area contributed by atoms with Crippen LogP contribution in [0.4, 0.5) is 0 Å². The molecule has 25 heavy (non-hydrogen) atoms. The van der Waals surface area contributed by atoms with Gasteiger partial charge in [-0.05, 0) is 26.7 Å². The monoisotopic (exact) mass is 355 g/mol. The van der Waals surface area contributed by atoms with E-state index in [1.165, 1.54) is 6.92 Å². The molecule has 6 heteroatoms. The van der Waals surface area contributed by atoms with Crippen LogP contribution in [0.3, 0.4) is 0 Å². The fourth-order valence-electron chi connectivity index (χ4n) is 4.73. The van der Waals surface area contributed by atoms with Gasteiger partial charge in [0.05, 0.1) is 6.61 Å². The van der Waals surface area contributed by atoms with Gasteiger partial charge < -0.3 is 19.1 Å². The molecule has 6 nitrogen and oxygen atoms in total. The minimum atomic E-state index is -0.758. The molecule has 2 saturated heterocycles. The van der Waals surface area contributed by atoms with Crippen molar-refractivity contribution in [2.24, 2.45) is 5.92 Å². The van der Waals surface area contributed by atoms with E-state index >= 15 is 0 Å². The second kappa shape index (κ2) is 6.88. The number of rotatable bonds is 4. The SMILES string of the molecule is CCC1(C)CC2(OCC(COC(C)=O)O2)C(C)C(C)(CC)N1C(C)=O. The zero-order valence-electron chi connectivity index (χ0n) is 16.7.